The molecule has 0 spiro atoms. The summed E-state index contributed by atoms with van der Waals surface area (Å²) in [6.45, 7) is 8.61. The Hall–Kier alpha value is -4.37. The molecule has 0 radical (unpaired) electrons. The van der Waals surface area contributed by atoms with Gasteiger partial charge in [0.1, 0.15) is 5.82 Å². The fourth-order valence-electron chi connectivity index (χ4n) is 3.99. The maximum atomic E-state index is 11.7. The van der Waals surface area contributed by atoms with Crippen LogP contribution in [0.2, 0.25) is 0 Å². The van der Waals surface area contributed by atoms with E-state index < -0.39 is 0 Å². The quantitative estimate of drug-likeness (QED) is 0.409. The first-order chi connectivity index (χ1) is 17.1. The number of hydrogen-bond acceptors (Lipinski definition) is 8. The number of rotatable bonds is 6. The number of fused-ring (bicyclic) bond motifs is 1. The van der Waals surface area contributed by atoms with Gasteiger partial charge in [0, 0.05) is 42.1 Å². The predicted molar refractivity (Wildman–Crippen MR) is 137 cm³/mol. The first-order valence-corrected chi connectivity index (χ1v) is 11.3. The van der Waals surface area contributed by atoms with Crippen LogP contribution in [0.25, 0.3) is 22.2 Å². The van der Waals surface area contributed by atoms with E-state index >= 15 is 0 Å². The molecule has 176 valence electrons. The summed E-state index contributed by atoms with van der Waals surface area (Å²) in [5.74, 6) is 1.10. The summed E-state index contributed by atoms with van der Waals surface area (Å²) < 4.78 is 5.41. The van der Waals surface area contributed by atoms with E-state index in [1.165, 1.54) is 6.08 Å². The highest BCUT2D eigenvalue weighted by Gasteiger charge is 2.14. The van der Waals surface area contributed by atoms with E-state index in [-0.39, 0.29) is 5.91 Å². The highest BCUT2D eigenvalue weighted by atomic mass is 16.5. The molecule has 0 atom stereocenters. The number of morpholine rings is 1. The number of amides is 1. The molecule has 9 heteroatoms. The molecule has 1 aliphatic rings. The van der Waals surface area contributed by atoms with Crippen molar-refractivity contribution in [2.24, 2.45) is 0 Å². The minimum Gasteiger partial charge on any atom is -0.378 e. The van der Waals surface area contributed by atoms with Gasteiger partial charge in [-0.2, -0.15) is 0 Å². The lowest BCUT2D eigenvalue weighted by molar-refractivity contribution is -0.111. The molecule has 4 aromatic rings. The van der Waals surface area contributed by atoms with Gasteiger partial charge >= 0.3 is 0 Å². The van der Waals surface area contributed by atoms with Crippen LogP contribution in [0.5, 0.6) is 0 Å². The van der Waals surface area contributed by atoms with Crippen molar-refractivity contribution in [2.75, 3.05) is 41.8 Å². The van der Waals surface area contributed by atoms with E-state index in [2.05, 4.69) is 37.1 Å². The van der Waals surface area contributed by atoms with E-state index in [1.54, 1.807) is 24.7 Å². The Labute approximate surface area is 202 Å². The number of hydrogen-bond donors (Lipinski definition) is 2. The molecule has 0 aliphatic carbocycles. The second kappa shape index (κ2) is 9.86. The van der Waals surface area contributed by atoms with Gasteiger partial charge in [-0.25, -0.2) is 15.0 Å². The highest BCUT2D eigenvalue weighted by molar-refractivity contribution is 6.00. The summed E-state index contributed by atoms with van der Waals surface area (Å²) in [6, 6.07) is 11.5. The van der Waals surface area contributed by atoms with Crippen molar-refractivity contribution < 1.29 is 9.53 Å². The molecule has 1 aromatic carbocycles. The Morgan fingerprint density at radius 2 is 1.91 bits per heavy atom. The number of carbonyl (C=O) groups is 1. The van der Waals surface area contributed by atoms with Crippen LogP contribution < -0.4 is 15.5 Å². The average molecular weight is 468 g/mol. The lowest BCUT2D eigenvalue weighted by atomic mass is 10.0. The molecule has 35 heavy (non-hydrogen) atoms. The Morgan fingerprint density at radius 1 is 1.06 bits per heavy atom. The van der Waals surface area contributed by atoms with Crippen molar-refractivity contribution in [3.63, 3.8) is 0 Å². The number of aryl methyl sites for hydroxylation is 1. The van der Waals surface area contributed by atoms with Crippen LogP contribution in [0.1, 0.15) is 5.56 Å². The third kappa shape index (κ3) is 4.95. The SMILES string of the molecule is C=CC(=O)Nc1ccnc(-c2c(C)ccc3cnc(Nc4ccc(N5CCOCC5)nc4)nc23)c1. The van der Waals surface area contributed by atoms with Crippen molar-refractivity contribution >= 4 is 40.0 Å². The second-order valence-corrected chi connectivity index (χ2v) is 8.14. The predicted octanol–water partition coefficient (Wildman–Crippen LogP) is 4.10. The fourth-order valence-corrected chi connectivity index (χ4v) is 3.99. The number of nitrogens with zero attached hydrogens (tertiary/aromatic N) is 5. The van der Waals surface area contributed by atoms with E-state index in [9.17, 15) is 4.79 Å². The lowest BCUT2D eigenvalue weighted by Gasteiger charge is -2.27. The van der Waals surface area contributed by atoms with Gasteiger partial charge in [-0.3, -0.25) is 9.78 Å². The van der Waals surface area contributed by atoms with Gasteiger partial charge in [-0.1, -0.05) is 18.7 Å². The zero-order chi connectivity index (χ0) is 24.2. The number of carbonyl (C=O) groups excluding carboxylic acids is 1. The Morgan fingerprint density at radius 3 is 2.69 bits per heavy atom. The molecule has 1 amide bonds. The molecule has 1 saturated heterocycles. The molecule has 0 saturated carbocycles. The molecule has 0 unspecified atom stereocenters. The topological polar surface area (TPSA) is 105 Å². The monoisotopic (exact) mass is 467 g/mol. The smallest absolute Gasteiger partial charge is 0.247 e. The van der Waals surface area contributed by atoms with Crippen molar-refractivity contribution in [1.82, 2.24) is 19.9 Å². The summed E-state index contributed by atoms with van der Waals surface area (Å²) in [5.41, 5.74) is 4.79. The van der Waals surface area contributed by atoms with E-state index in [0.717, 1.165) is 46.6 Å². The Balaban J connectivity index is 1.45. The average Bonchev–Trinajstić information content (AvgIpc) is 2.89. The minimum absolute atomic E-state index is 0.279. The molecule has 2 N–H and O–H groups in total. The maximum absolute atomic E-state index is 11.7. The molecular formula is C26H25N7O2. The second-order valence-electron chi connectivity index (χ2n) is 8.14. The number of aromatic nitrogens is 4. The fraction of sp³-hybridized carbons (Fsp3) is 0.192. The van der Waals surface area contributed by atoms with Crippen molar-refractivity contribution in [3.8, 4) is 11.3 Å². The van der Waals surface area contributed by atoms with Crippen LogP contribution in [0, 0.1) is 6.92 Å². The first-order valence-electron chi connectivity index (χ1n) is 11.3. The van der Waals surface area contributed by atoms with E-state index in [4.69, 9.17) is 9.72 Å². The summed E-state index contributed by atoms with van der Waals surface area (Å²) in [7, 11) is 0. The van der Waals surface area contributed by atoms with E-state index in [1.807, 2.05) is 37.3 Å². The molecule has 3 aromatic heterocycles. The van der Waals surface area contributed by atoms with Crippen LogP contribution in [0.4, 0.5) is 23.1 Å². The van der Waals surface area contributed by atoms with Crippen LogP contribution >= 0.6 is 0 Å². The van der Waals surface area contributed by atoms with Gasteiger partial charge in [-0.15, -0.1) is 0 Å². The zero-order valence-electron chi connectivity index (χ0n) is 19.4. The van der Waals surface area contributed by atoms with Gasteiger partial charge in [0.05, 0.1) is 36.3 Å². The summed E-state index contributed by atoms with van der Waals surface area (Å²) in [6.07, 6.45) is 6.46. The van der Waals surface area contributed by atoms with E-state index in [0.29, 0.717) is 30.5 Å². The van der Waals surface area contributed by atoms with Crippen LogP contribution in [-0.2, 0) is 9.53 Å². The first kappa shape index (κ1) is 22.4. The van der Waals surface area contributed by atoms with Crippen LogP contribution in [-0.4, -0.2) is 52.1 Å². The number of ether oxygens (including phenoxy) is 1. The number of anilines is 4. The Bertz CT molecular complexity index is 1380. The zero-order valence-corrected chi connectivity index (χ0v) is 19.4. The normalized spacial score (nSPS) is 13.5. The van der Waals surface area contributed by atoms with Gasteiger partial charge in [0.15, 0.2) is 0 Å². The lowest BCUT2D eigenvalue weighted by Crippen LogP contribution is -2.36. The minimum atomic E-state index is -0.279. The summed E-state index contributed by atoms with van der Waals surface area (Å²) >= 11 is 0. The number of nitrogens with one attached hydrogen (secondary N) is 2. The van der Waals surface area contributed by atoms with Crippen molar-refractivity contribution in [2.45, 2.75) is 6.92 Å². The molecule has 4 heterocycles. The van der Waals surface area contributed by atoms with Gasteiger partial charge in [0.25, 0.3) is 0 Å². The van der Waals surface area contributed by atoms with Gasteiger partial charge in [0.2, 0.25) is 11.9 Å². The van der Waals surface area contributed by atoms with Gasteiger partial charge in [-0.05, 0) is 42.8 Å². The highest BCUT2D eigenvalue weighted by Crippen LogP contribution is 2.31. The van der Waals surface area contributed by atoms with Crippen LogP contribution in [0.3, 0.4) is 0 Å². The molecular weight excluding hydrogens is 442 g/mol. The standard InChI is InChI=1S/C26H25N7O2/c1-3-23(34)30-19-8-9-27-21(14-19)24-17(2)4-5-18-15-29-26(32-25(18)24)31-20-6-7-22(28-16-20)33-10-12-35-13-11-33/h3-9,14-16H,1,10-13H2,2H3,(H,27,30,34)(H,29,31,32). The largest absolute Gasteiger partial charge is 0.378 e. The Kier molecular flexibility index (Phi) is 6.32. The molecule has 0 bridgehead atoms. The molecule has 9 nitrogen and oxygen atoms in total. The number of benzene rings is 1. The molecule has 5 rings (SSSR count). The molecule has 1 aliphatic heterocycles. The molecule has 1 fully saturated rings. The van der Waals surface area contributed by atoms with Gasteiger partial charge < -0.3 is 20.3 Å². The summed E-state index contributed by atoms with van der Waals surface area (Å²) in [5, 5.41) is 6.92. The van der Waals surface area contributed by atoms with Crippen molar-refractivity contribution in [1.29, 1.82) is 0 Å². The third-order valence-electron chi connectivity index (χ3n) is 5.77. The number of pyridine rings is 2. The third-order valence-corrected chi connectivity index (χ3v) is 5.77. The maximum Gasteiger partial charge on any atom is 0.247 e. The van der Waals surface area contributed by atoms with Crippen LogP contribution in [0.15, 0.2) is 67.6 Å². The summed E-state index contributed by atoms with van der Waals surface area (Å²) in [4.78, 5) is 32.4. The van der Waals surface area contributed by atoms with Crippen molar-refractivity contribution in [3.05, 3.63) is 73.2 Å².